The minimum Gasteiger partial charge on any atom is -0.280 e. The van der Waals surface area contributed by atoms with Crippen molar-refractivity contribution in [3.05, 3.63) is 86.8 Å². The average Bonchev–Trinajstić information content (AvgIpc) is 2.75. The number of fused-ring (bicyclic) bond motifs is 1. The predicted molar refractivity (Wildman–Crippen MR) is 111 cm³/mol. The number of halogens is 1. The lowest BCUT2D eigenvalue weighted by molar-refractivity contribution is 0.627. The van der Waals surface area contributed by atoms with E-state index in [0.717, 1.165) is 15.7 Å². The van der Waals surface area contributed by atoms with Crippen LogP contribution in [0.25, 0.3) is 22.4 Å². The van der Waals surface area contributed by atoms with E-state index in [1.165, 1.54) is 35.5 Å². The Morgan fingerprint density at radius 2 is 1.62 bits per heavy atom. The third kappa shape index (κ3) is 3.58. The van der Waals surface area contributed by atoms with Crippen molar-refractivity contribution in [3.8, 4) is 11.4 Å². The van der Waals surface area contributed by atoms with E-state index < -0.39 is 11.2 Å². The molecule has 0 aliphatic heterocycles. The molecule has 2 aromatic heterocycles. The maximum absolute atomic E-state index is 13.2. The van der Waals surface area contributed by atoms with Crippen LogP contribution in [0, 0.1) is 5.82 Å². The summed E-state index contributed by atoms with van der Waals surface area (Å²) in [4.78, 5) is 34.4. The number of nitrogens with zero attached hydrogens (tertiary/aromatic N) is 4. The predicted octanol–water partition coefficient (Wildman–Crippen LogP) is 3.13. The van der Waals surface area contributed by atoms with Crippen LogP contribution in [0.15, 0.2) is 69.2 Å². The molecule has 2 heterocycles. The van der Waals surface area contributed by atoms with E-state index >= 15 is 0 Å². The number of hydrogen-bond acceptors (Lipinski definition) is 5. The molecule has 146 valence electrons. The first-order chi connectivity index (χ1) is 14.0. The van der Waals surface area contributed by atoms with Crippen LogP contribution in [0.2, 0.25) is 0 Å². The lowest BCUT2D eigenvalue weighted by Crippen LogP contribution is -2.37. The second-order valence-electron chi connectivity index (χ2n) is 6.54. The van der Waals surface area contributed by atoms with Gasteiger partial charge in [0.2, 0.25) is 0 Å². The molecule has 0 aliphatic rings. The van der Waals surface area contributed by atoms with Gasteiger partial charge in [-0.05, 0) is 17.7 Å². The number of benzene rings is 2. The minimum atomic E-state index is -0.449. The second-order valence-corrected chi connectivity index (χ2v) is 7.50. The van der Waals surface area contributed by atoms with Crippen LogP contribution >= 0.6 is 11.8 Å². The molecule has 0 unspecified atom stereocenters. The highest BCUT2D eigenvalue weighted by molar-refractivity contribution is 7.98. The van der Waals surface area contributed by atoms with Gasteiger partial charge >= 0.3 is 5.69 Å². The first kappa shape index (κ1) is 19.1. The Morgan fingerprint density at radius 1 is 0.931 bits per heavy atom. The minimum absolute atomic E-state index is 0.286. The average molecular weight is 408 g/mol. The lowest BCUT2D eigenvalue weighted by Gasteiger charge is -2.12. The third-order valence-electron chi connectivity index (χ3n) is 4.59. The van der Waals surface area contributed by atoms with E-state index in [0.29, 0.717) is 22.0 Å². The second kappa shape index (κ2) is 7.63. The molecule has 8 heteroatoms. The molecular formula is C21H17FN4O2S. The van der Waals surface area contributed by atoms with Crippen molar-refractivity contribution in [1.82, 2.24) is 19.1 Å². The fraction of sp³-hybridized carbons (Fsp3) is 0.143. The van der Waals surface area contributed by atoms with Gasteiger partial charge in [0.1, 0.15) is 16.2 Å². The molecule has 0 atom stereocenters. The standard InChI is InChI=1S/C21H17FN4O2S/c1-25-18-16(20(27)26(2)21(25)28)19(29-12-13-8-10-15(22)11-9-13)24-17(23-18)14-6-4-3-5-7-14/h3-11H,12H2,1-2H3. The molecule has 0 spiro atoms. The smallest absolute Gasteiger partial charge is 0.280 e. The van der Waals surface area contributed by atoms with Crippen LogP contribution in [0.4, 0.5) is 4.39 Å². The Bertz CT molecular complexity index is 1320. The zero-order chi connectivity index (χ0) is 20.5. The maximum atomic E-state index is 13.2. The highest BCUT2D eigenvalue weighted by Crippen LogP contribution is 2.28. The lowest BCUT2D eigenvalue weighted by atomic mass is 10.2. The van der Waals surface area contributed by atoms with E-state index in [4.69, 9.17) is 0 Å². The molecule has 29 heavy (non-hydrogen) atoms. The topological polar surface area (TPSA) is 69.8 Å². The summed E-state index contributed by atoms with van der Waals surface area (Å²) in [5.74, 6) is 0.622. The summed E-state index contributed by atoms with van der Waals surface area (Å²) >= 11 is 1.35. The highest BCUT2D eigenvalue weighted by atomic mass is 32.2. The van der Waals surface area contributed by atoms with E-state index in [2.05, 4.69) is 9.97 Å². The van der Waals surface area contributed by atoms with Gasteiger partial charge in [0, 0.05) is 25.4 Å². The number of aromatic nitrogens is 4. The molecule has 0 saturated carbocycles. The van der Waals surface area contributed by atoms with Gasteiger partial charge in [0.05, 0.1) is 0 Å². The van der Waals surface area contributed by atoms with Gasteiger partial charge in [-0.15, -0.1) is 11.8 Å². The monoisotopic (exact) mass is 408 g/mol. The Kier molecular flexibility index (Phi) is 5.02. The van der Waals surface area contributed by atoms with Crippen molar-refractivity contribution in [2.24, 2.45) is 14.1 Å². The number of thioether (sulfide) groups is 1. The Morgan fingerprint density at radius 3 is 2.31 bits per heavy atom. The first-order valence-corrected chi connectivity index (χ1v) is 9.84. The molecule has 0 aliphatic carbocycles. The molecule has 0 saturated heterocycles. The van der Waals surface area contributed by atoms with E-state index in [1.807, 2.05) is 30.3 Å². The summed E-state index contributed by atoms with van der Waals surface area (Å²) < 4.78 is 15.6. The van der Waals surface area contributed by atoms with E-state index in [-0.39, 0.29) is 11.5 Å². The first-order valence-electron chi connectivity index (χ1n) is 8.86. The molecule has 0 N–H and O–H groups in total. The van der Waals surface area contributed by atoms with Gasteiger partial charge in [-0.2, -0.15) is 0 Å². The Balaban J connectivity index is 1.91. The molecule has 0 bridgehead atoms. The van der Waals surface area contributed by atoms with Crippen molar-refractivity contribution >= 4 is 22.8 Å². The summed E-state index contributed by atoms with van der Waals surface area (Å²) in [6.45, 7) is 0. The number of rotatable bonds is 4. The molecule has 0 fully saturated rings. The Labute approximate surface area is 169 Å². The molecule has 4 aromatic rings. The van der Waals surface area contributed by atoms with E-state index in [9.17, 15) is 14.0 Å². The van der Waals surface area contributed by atoms with Crippen molar-refractivity contribution in [3.63, 3.8) is 0 Å². The number of hydrogen-bond donors (Lipinski definition) is 0. The van der Waals surface area contributed by atoms with Gasteiger partial charge in [-0.3, -0.25) is 13.9 Å². The fourth-order valence-corrected chi connectivity index (χ4v) is 3.95. The van der Waals surface area contributed by atoms with Crippen molar-refractivity contribution in [2.45, 2.75) is 10.8 Å². The molecule has 0 radical (unpaired) electrons. The van der Waals surface area contributed by atoms with Crippen LogP contribution < -0.4 is 11.2 Å². The molecular weight excluding hydrogens is 391 g/mol. The Hall–Kier alpha value is -3.26. The van der Waals surface area contributed by atoms with Crippen molar-refractivity contribution in [1.29, 1.82) is 0 Å². The fourth-order valence-electron chi connectivity index (χ4n) is 2.98. The summed E-state index contributed by atoms with van der Waals surface area (Å²) in [5.41, 5.74) is 1.07. The van der Waals surface area contributed by atoms with Crippen molar-refractivity contribution < 1.29 is 4.39 Å². The summed E-state index contributed by atoms with van der Waals surface area (Å²) in [7, 11) is 3.02. The maximum Gasteiger partial charge on any atom is 0.332 e. The van der Waals surface area contributed by atoms with Crippen LogP contribution in [-0.2, 0) is 19.8 Å². The normalized spacial score (nSPS) is 11.1. The van der Waals surface area contributed by atoms with Gasteiger partial charge in [0.25, 0.3) is 5.56 Å². The summed E-state index contributed by atoms with van der Waals surface area (Å²) in [6.07, 6.45) is 0. The summed E-state index contributed by atoms with van der Waals surface area (Å²) in [5, 5.41) is 0.774. The van der Waals surface area contributed by atoms with Gasteiger partial charge < -0.3 is 0 Å². The van der Waals surface area contributed by atoms with Gasteiger partial charge in [0.15, 0.2) is 11.5 Å². The van der Waals surface area contributed by atoms with Crippen LogP contribution in [-0.4, -0.2) is 19.1 Å². The summed E-state index contributed by atoms with van der Waals surface area (Å²) in [6, 6.07) is 15.5. The molecule has 2 aromatic carbocycles. The highest BCUT2D eigenvalue weighted by Gasteiger charge is 2.18. The number of aryl methyl sites for hydroxylation is 1. The van der Waals surface area contributed by atoms with Gasteiger partial charge in [-0.1, -0.05) is 42.5 Å². The SMILES string of the molecule is Cn1c(=O)c2c(SCc3ccc(F)cc3)nc(-c3ccccc3)nc2n(C)c1=O. The molecule has 6 nitrogen and oxygen atoms in total. The molecule has 4 rings (SSSR count). The molecule has 0 amide bonds. The quantitative estimate of drug-likeness (QED) is 0.383. The third-order valence-corrected chi connectivity index (χ3v) is 5.63. The zero-order valence-corrected chi connectivity index (χ0v) is 16.6. The van der Waals surface area contributed by atoms with Crippen molar-refractivity contribution in [2.75, 3.05) is 0 Å². The van der Waals surface area contributed by atoms with Crippen LogP contribution in [0.3, 0.4) is 0 Å². The van der Waals surface area contributed by atoms with Gasteiger partial charge in [-0.25, -0.2) is 19.2 Å². The zero-order valence-electron chi connectivity index (χ0n) is 15.8. The van der Waals surface area contributed by atoms with Crippen LogP contribution in [0.1, 0.15) is 5.56 Å². The van der Waals surface area contributed by atoms with E-state index in [1.54, 1.807) is 19.2 Å². The van der Waals surface area contributed by atoms with Crippen LogP contribution in [0.5, 0.6) is 0 Å². The largest absolute Gasteiger partial charge is 0.332 e.